The van der Waals surface area contributed by atoms with Gasteiger partial charge in [-0.05, 0) is 48.4 Å². The average molecular weight is 286 g/mol. The van der Waals surface area contributed by atoms with E-state index in [9.17, 15) is 0 Å². The Hall–Kier alpha value is -1.54. The summed E-state index contributed by atoms with van der Waals surface area (Å²) in [6.45, 7) is 2.15. The van der Waals surface area contributed by atoms with Crippen molar-refractivity contribution >= 4 is 21.4 Å². The Morgan fingerprint density at radius 1 is 1.00 bits per heavy atom. The van der Waals surface area contributed by atoms with Gasteiger partial charge >= 0.3 is 0 Å². The fourth-order valence-electron chi connectivity index (χ4n) is 2.17. The number of fused-ring (bicyclic) bond motifs is 1. The zero-order valence-corrected chi connectivity index (χ0v) is 11.1. The van der Waals surface area contributed by atoms with E-state index in [0.29, 0.717) is 0 Å². The van der Waals surface area contributed by atoms with E-state index < -0.39 is 0 Å². The summed E-state index contributed by atoms with van der Waals surface area (Å²) in [6.07, 6.45) is 2.11. The van der Waals surface area contributed by atoms with E-state index in [-0.39, 0.29) is 0 Å². The SMILES string of the molecule is Cc1cc(-c2ccc(Br)cc2)n2ccccc12. The Labute approximate surface area is 109 Å². The highest BCUT2D eigenvalue weighted by Crippen LogP contribution is 2.26. The van der Waals surface area contributed by atoms with Crippen LogP contribution in [0.25, 0.3) is 16.8 Å². The number of benzene rings is 1. The Morgan fingerprint density at radius 3 is 2.53 bits per heavy atom. The molecule has 2 aromatic heterocycles. The quantitative estimate of drug-likeness (QED) is 0.612. The summed E-state index contributed by atoms with van der Waals surface area (Å²) >= 11 is 3.47. The highest BCUT2D eigenvalue weighted by Gasteiger charge is 2.06. The van der Waals surface area contributed by atoms with Crippen LogP contribution in [0.15, 0.2) is 59.2 Å². The molecule has 0 spiro atoms. The van der Waals surface area contributed by atoms with Crippen molar-refractivity contribution in [2.24, 2.45) is 0 Å². The van der Waals surface area contributed by atoms with E-state index in [4.69, 9.17) is 0 Å². The lowest BCUT2D eigenvalue weighted by Crippen LogP contribution is -1.86. The van der Waals surface area contributed by atoms with E-state index >= 15 is 0 Å². The van der Waals surface area contributed by atoms with Crippen LogP contribution in [0.5, 0.6) is 0 Å². The first-order chi connectivity index (χ1) is 8.25. The van der Waals surface area contributed by atoms with Gasteiger partial charge in [0.1, 0.15) is 0 Å². The topological polar surface area (TPSA) is 4.41 Å². The van der Waals surface area contributed by atoms with E-state index in [1.165, 1.54) is 22.3 Å². The van der Waals surface area contributed by atoms with Crippen LogP contribution in [0.2, 0.25) is 0 Å². The highest BCUT2D eigenvalue weighted by atomic mass is 79.9. The molecule has 3 rings (SSSR count). The number of nitrogens with zero attached hydrogens (tertiary/aromatic N) is 1. The fraction of sp³-hybridized carbons (Fsp3) is 0.0667. The molecule has 0 N–H and O–H groups in total. The maximum Gasteiger partial charge on any atom is 0.0531 e. The molecular formula is C15H12BrN. The Balaban J connectivity index is 2.27. The molecule has 0 fully saturated rings. The van der Waals surface area contributed by atoms with Crippen LogP contribution in [0.1, 0.15) is 5.56 Å². The Kier molecular flexibility index (Phi) is 2.52. The van der Waals surface area contributed by atoms with Gasteiger partial charge in [0.25, 0.3) is 0 Å². The van der Waals surface area contributed by atoms with Gasteiger partial charge in [-0.25, -0.2) is 0 Å². The van der Waals surface area contributed by atoms with E-state index in [0.717, 1.165) is 4.47 Å². The number of aromatic nitrogens is 1. The van der Waals surface area contributed by atoms with Gasteiger partial charge in [0.15, 0.2) is 0 Å². The largest absolute Gasteiger partial charge is 0.316 e. The van der Waals surface area contributed by atoms with Gasteiger partial charge in [-0.2, -0.15) is 0 Å². The van der Waals surface area contributed by atoms with Crippen LogP contribution in [-0.4, -0.2) is 4.40 Å². The summed E-state index contributed by atoms with van der Waals surface area (Å²) in [5, 5.41) is 0. The minimum Gasteiger partial charge on any atom is -0.316 e. The predicted octanol–water partition coefficient (Wildman–Crippen LogP) is 4.68. The molecule has 0 saturated heterocycles. The number of aryl methyl sites for hydroxylation is 1. The van der Waals surface area contributed by atoms with Gasteiger partial charge in [0, 0.05) is 16.2 Å². The van der Waals surface area contributed by atoms with Crippen molar-refractivity contribution in [2.75, 3.05) is 0 Å². The first-order valence-electron chi connectivity index (χ1n) is 5.58. The van der Waals surface area contributed by atoms with Gasteiger partial charge < -0.3 is 4.40 Å². The smallest absolute Gasteiger partial charge is 0.0531 e. The third-order valence-corrected chi connectivity index (χ3v) is 3.55. The molecule has 3 aromatic rings. The molecule has 0 aliphatic rings. The molecule has 0 atom stereocenters. The predicted molar refractivity (Wildman–Crippen MR) is 75.3 cm³/mol. The number of hydrogen-bond donors (Lipinski definition) is 0. The number of hydrogen-bond acceptors (Lipinski definition) is 0. The summed E-state index contributed by atoms with van der Waals surface area (Å²) in [4.78, 5) is 0. The lowest BCUT2D eigenvalue weighted by Gasteiger charge is -2.03. The van der Waals surface area contributed by atoms with Crippen LogP contribution in [0.3, 0.4) is 0 Å². The second-order valence-electron chi connectivity index (χ2n) is 4.18. The second kappa shape index (κ2) is 4.04. The Morgan fingerprint density at radius 2 is 1.76 bits per heavy atom. The maximum atomic E-state index is 3.47. The highest BCUT2D eigenvalue weighted by molar-refractivity contribution is 9.10. The maximum absolute atomic E-state index is 3.47. The van der Waals surface area contributed by atoms with Gasteiger partial charge in [0.2, 0.25) is 0 Å². The summed E-state index contributed by atoms with van der Waals surface area (Å²) in [6, 6.07) is 17.0. The van der Waals surface area contributed by atoms with E-state index in [1.54, 1.807) is 0 Å². The van der Waals surface area contributed by atoms with Crippen molar-refractivity contribution in [2.45, 2.75) is 6.92 Å². The minimum absolute atomic E-state index is 1.11. The molecule has 2 heteroatoms. The third kappa shape index (κ3) is 1.79. The lowest BCUT2D eigenvalue weighted by atomic mass is 10.1. The number of halogens is 1. The molecule has 84 valence electrons. The molecule has 0 saturated carbocycles. The van der Waals surface area contributed by atoms with Crippen LogP contribution >= 0.6 is 15.9 Å². The summed E-state index contributed by atoms with van der Waals surface area (Å²) in [5.41, 5.74) is 5.06. The number of rotatable bonds is 1. The number of pyridine rings is 1. The zero-order chi connectivity index (χ0) is 11.8. The van der Waals surface area contributed by atoms with E-state index in [2.05, 4.69) is 82.0 Å². The van der Waals surface area contributed by atoms with Crippen molar-refractivity contribution in [1.29, 1.82) is 0 Å². The first kappa shape index (κ1) is 10.6. The van der Waals surface area contributed by atoms with Crippen LogP contribution < -0.4 is 0 Å². The van der Waals surface area contributed by atoms with Crippen molar-refractivity contribution < 1.29 is 0 Å². The van der Waals surface area contributed by atoms with Gasteiger partial charge in [-0.15, -0.1) is 0 Å². The van der Waals surface area contributed by atoms with Crippen molar-refractivity contribution in [3.8, 4) is 11.3 Å². The monoisotopic (exact) mass is 285 g/mol. The summed E-state index contributed by atoms with van der Waals surface area (Å²) < 4.78 is 3.34. The van der Waals surface area contributed by atoms with Crippen LogP contribution in [0, 0.1) is 6.92 Å². The van der Waals surface area contributed by atoms with Gasteiger partial charge in [0.05, 0.1) is 5.69 Å². The molecule has 1 nitrogen and oxygen atoms in total. The molecule has 0 unspecified atom stereocenters. The molecular weight excluding hydrogens is 274 g/mol. The van der Waals surface area contributed by atoms with Crippen LogP contribution in [-0.2, 0) is 0 Å². The summed E-state index contributed by atoms with van der Waals surface area (Å²) in [7, 11) is 0. The second-order valence-corrected chi connectivity index (χ2v) is 5.09. The van der Waals surface area contributed by atoms with Gasteiger partial charge in [-0.3, -0.25) is 0 Å². The molecule has 0 aliphatic heterocycles. The third-order valence-electron chi connectivity index (χ3n) is 3.02. The minimum atomic E-state index is 1.11. The molecule has 0 radical (unpaired) electrons. The van der Waals surface area contributed by atoms with Gasteiger partial charge in [-0.1, -0.05) is 34.1 Å². The lowest BCUT2D eigenvalue weighted by molar-refractivity contribution is 1.20. The zero-order valence-electron chi connectivity index (χ0n) is 9.52. The summed E-state index contributed by atoms with van der Waals surface area (Å²) in [5.74, 6) is 0. The van der Waals surface area contributed by atoms with Crippen molar-refractivity contribution in [3.63, 3.8) is 0 Å². The standard InChI is InChI=1S/C15H12BrN/c1-11-10-15(12-5-7-13(16)8-6-12)17-9-3-2-4-14(11)17/h2-10H,1H3. The van der Waals surface area contributed by atoms with Crippen molar-refractivity contribution in [3.05, 3.63) is 64.8 Å². The Bertz CT molecular complexity index is 665. The average Bonchev–Trinajstić information content (AvgIpc) is 2.69. The molecule has 0 bridgehead atoms. The van der Waals surface area contributed by atoms with Crippen molar-refractivity contribution in [1.82, 2.24) is 4.40 Å². The normalized spacial score (nSPS) is 10.9. The molecule has 2 heterocycles. The molecule has 0 amide bonds. The molecule has 17 heavy (non-hydrogen) atoms. The van der Waals surface area contributed by atoms with Crippen LogP contribution in [0.4, 0.5) is 0 Å². The molecule has 0 aliphatic carbocycles. The van der Waals surface area contributed by atoms with E-state index in [1.807, 2.05) is 0 Å². The molecule has 1 aromatic carbocycles. The first-order valence-corrected chi connectivity index (χ1v) is 6.37. The fourth-order valence-corrected chi connectivity index (χ4v) is 2.43.